The molecule has 0 amide bonds. The minimum absolute atomic E-state index is 0.291. The number of aryl methyl sites for hydroxylation is 1. The number of piperidine rings is 1. The molecular weight excluding hydrogens is 308 g/mol. The molecule has 25 heavy (non-hydrogen) atoms. The fourth-order valence-electron chi connectivity index (χ4n) is 3.94. The van der Waals surface area contributed by atoms with E-state index in [9.17, 15) is 0 Å². The fraction of sp³-hybridized carbons (Fsp3) is 0.571. The summed E-state index contributed by atoms with van der Waals surface area (Å²) in [5.41, 5.74) is 4.83. The molecule has 2 heterocycles. The zero-order valence-corrected chi connectivity index (χ0v) is 16.0. The number of aromatic nitrogens is 1. The molecule has 4 heteroatoms. The van der Waals surface area contributed by atoms with Gasteiger partial charge in [0.25, 0.3) is 0 Å². The largest absolute Gasteiger partial charge is 0.291 e. The molecule has 2 rings (SSSR count). The van der Waals surface area contributed by atoms with E-state index in [0.717, 1.165) is 31.4 Å². The summed E-state index contributed by atoms with van der Waals surface area (Å²) in [6.45, 7) is 4.34. The number of hydrogen-bond acceptors (Lipinski definition) is 4. The molecular formula is C21H30N4. The first-order chi connectivity index (χ1) is 12.1. The van der Waals surface area contributed by atoms with Crippen LogP contribution in [0.2, 0.25) is 0 Å². The van der Waals surface area contributed by atoms with E-state index in [1.165, 1.54) is 23.3 Å². The molecule has 0 bridgehead atoms. The topological polar surface area (TPSA) is 52.3 Å². The van der Waals surface area contributed by atoms with Crippen LogP contribution >= 0.6 is 0 Å². The van der Waals surface area contributed by atoms with Gasteiger partial charge in [-0.3, -0.25) is 14.9 Å². The zero-order chi connectivity index (χ0) is 18.2. The average Bonchev–Trinajstić information content (AvgIpc) is 2.62. The van der Waals surface area contributed by atoms with Crippen molar-refractivity contribution in [2.75, 3.05) is 14.1 Å². The number of likely N-dealkylation sites (tertiary alicyclic amines) is 1. The molecule has 0 radical (unpaired) electrons. The Hall–Kier alpha value is -1.99. The predicted molar refractivity (Wildman–Crippen MR) is 104 cm³/mol. The maximum Gasteiger partial charge on any atom is 0.0625 e. The van der Waals surface area contributed by atoms with Crippen LogP contribution in [0.5, 0.6) is 0 Å². The van der Waals surface area contributed by atoms with Crippen molar-refractivity contribution in [2.45, 2.75) is 64.5 Å². The molecule has 0 N–H and O–H groups in total. The van der Waals surface area contributed by atoms with Gasteiger partial charge in [0.1, 0.15) is 0 Å². The van der Waals surface area contributed by atoms with Gasteiger partial charge in [-0.05, 0) is 63.3 Å². The molecule has 1 fully saturated rings. The number of hydrogen-bond donors (Lipinski definition) is 0. The van der Waals surface area contributed by atoms with E-state index in [-0.39, 0.29) is 0 Å². The lowest BCUT2D eigenvalue weighted by molar-refractivity contribution is 0.150. The Morgan fingerprint density at radius 3 is 2.96 bits per heavy atom. The van der Waals surface area contributed by atoms with Gasteiger partial charge in [-0.1, -0.05) is 19.1 Å². The van der Waals surface area contributed by atoms with Gasteiger partial charge in [-0.25, -0.2) is 0 Å². The van der Waals surface area contributed by atoms with Crippen molar-refractivity contribution in [1.29, 1.82) is 5.26 Å². The molecule has 0 aliphatic carbocycles. The second kappa shape index (κ2) is 9.48. The standard InChI is InChI=1S/C21H30N4/c1-5-9-16(2)20(23-3)18-12-6-13-19(25(18)4)21-17(10-7-14-22)11-8-15-24-21/h8-9,11,15,18-19H,5-7,10,12-13H2,1-4H3/b16-9-,23-20?. The summed E-state index contributed by atoms with van der Waals surface area (Å²) in [5, 5.41) is 8.94. The maximum atomic E-state index is 8.94. The Labute approximate surface area is 152 Å². The van der Waals surface area contributed by atoms with E-state index in [4.69, 9.17) is 10.2 Å². The SMILES string of the molecule is CC/C=C(/C)C(=NC)C1CCCC(c2ncccc2CCC#N)N1C. The van der Waals surface area contributed by atoms with Gasteiger partial charge < -0.3 is 0 Å². The van der Waals surface area contributed by atoms with Crippen molar-refractivity contribution < 1.29 is 0 Å². The molecule has 1 saturated heterocycles. The number of nitriles is 1. The van der Waals surface area contributed by atoms with Crippen molar-refractivity contribution in [3.63, 3.8) is 0 Å². The van der Waals surface area contributed by atoms with Gasteiger partial charge in [-0.15, -0.1) is 0 Å². The summed E-state index contributed by atoms with van der Waals surface area (Å²) in [6, 6.07) is 6.97. The summed E-state index contributed by atoms with van der Waals surface area (Å²) in [4.78, 5) is 11.8. The van der Waals surface area contributed by atoms with Crippen LogP contribution in [0.4, 0.5) is 0 Å². The molecule has 0 aromatic carbocycles. The van der Waals surface area contributed by atoms with Crippen LogP contribution in [0, 0.1) is 11.3 Å². The summed E-state index contributed by atoms with van der Waals surface area (Å²) in [7, 11) is 4.10. The first-order valence-corrected chi connectivity index (χ1v) is 9.30. The molecule has 1 aromatic heterocycles. The highest BCUT2D eigenvalue weighted by atomic mass is 15.2. The van der Waals surface area contributed by atoms with Crippen molar-refractivity contribution in [3.8, 4) is 6.07 Å². The van der Waals surface area contributed by atoms with Crippen LogP contribution in [-0.2, 0) is 6.42 Å². The van der Waals surface area contributed by atoms with Crippen molar-refractivity contribution in [3.05, 3.63) is 41.2 Å². The number of allylic oxidation sites excluding steroid dienone is 1. The van der Waals surface area contributed by atoms with Gasteiger partial charge in [0.15, 0.2) is 0 Å². The minimum atomic E-state index is 0.291. The van der Waals surface area contributed by atoms with Crippen LogP contribution in [0.1, 0.15) is 63.3 Å². The van der Waals surface area contributed by atoms with Crippen molar-refractivity contribution in [1.82, 2.24) is 9.88 Å². The average molecular weight is 338 g/mol. The van der Waals surface area contributed by atoms with Crippen LogP contribution in [-0.4, -0.2) is 35.7 Å². The van der Waals surface area contributed by atoms with Crippen LogP contribution < -0.4 is 0 Å². The van der Waals surface area contributed by atoms with Crippen LogP contribution in [0.3, 0.4) is 0 Å². The van der Waals surface area contributed by atoms with Gasteiger partial charge in [0.05, 0.1) is 29.6 Å². The predicted octanol–water partition coefficient (Wildman–Crippen LogP) is 4.49. The van der Waals surface area contributed by atoms with E-state index in [1.54, 1.807) is 0 Å². The second-order valence-electron chi connectivity index (χ2n) is 6.74. The van der Waals surface area contributed by atoms with E-state index in [2.05, 4.69) is 49.0 Å². The Kier molecular flexibility index (Phi) is 7.33. The highest BCUT2D eigenvalue weighted by Gasteiger charge is 2.33. The first kappa shape index (κ1) is 19.3. The van der Waals surface area contributed by atoms with Gasteiger partial charge in [0, 0.05) is 19.7 Å². The van der Waals surface area contributed by atoms with Crippen LogP contribution in [0.25, 0.3) is 0 Å². The van der Waals surface area contributed by atoms with E-state index < -0.39 is 0 Å². The number of nitrogens with zero attached hydrogens (tertiary/aromatic N) is 4. The molecule has 134 valence electrons. The number of aliphatic imine (C=N–C) groups is 1. The third-order valence-corrected chi connectivity index (χ3v) is 5.16. The fourth-order valence-corrected chi connectivity index (χ4v) is 3.94. The van der Waals surface area contributed by atoms with Gasteiger partial charge >= 0.3 is 0 Å². The number of pyridine rings is 1. The lowest BCUT2D eigenvalue weighted by Crippen LogP contribution is -2.44. The van der Waals surface area contributed by atoms with E-state index in [0.29, 0.717) is 18.5 Å². The van der Waals surface area contributed by atoms with Crippen molar-refractivity contribution >= 4 is 5.71 Å². The summed E-state index contributed by atoms with van der Waals surface area (Å²) in [6.07, 6.45) is 9.90. The molecule has 4 nitrogen and oxygen atoms in total. The summed E-state index contributed by atoms with van der Waals surface area (Å²) in [5.74, 6) is 0. The Morgan fingerprint density at radius 2 is 2.28 bits per heavy atom. The highest BCUT2D eigenvalue weighted by molar-refractivity contribution is 6.03. The maximum absolute atomic E-state index is 8.94. The quantitative estimate of drug-likeness (QED) is 0.718. The minimum Gasteiger partial charge on any atom is -0.291 e. The van der Waals surface area contributed by atoms with Crippen LogP contribution in [0.15, 0.2) is 35.0 Å². The molecule has 0 saturated carbocycles. The van der Waals surface area contributed by atoms with E-state index in [1.807, 2.05) is 19.3 Å². The van der Waals surface area contributed by atoms with Crippen molar-refractivity contribution in [2.24, 2.45) is 4.99 Å². The third-order valence-electron chi connectivity index (χ3n) is 5.16. The molecule has 1 aliphatic rings. The lowest BCUT2D eigenvalue weighted by Gasteiger charge is -2.40. The first-order valence-electron chi connectivity index (χ1n) is 9.30. The number of rotatable bonds is 6. The molecule has 2 unspecified atom stereocenters. The Morgan fingerprint density at radius 1 is 1.48 bits per heavy atom. The second-order valence-corrected chi connectivity index (χ2v) is 6.74. The normalized spacial score (nSPS) is 22.7. The summed E-state index contributed by atoms with van der Waals surface area (Å²) >= 11 is 0. The molecule has 2 atom stereocenters. The third kappa shape index (κ3) is 4.55. The smallest absolute Gasteiger partial charge is 0.0625 e. The summed E-state index contributed by atoms with van der Waals surface area (Å²) < 4.78 is 0. The monoisotopic (exact) mass is 338 g/mol. The molecule has 1 aromatic rings. The Bertz CT molecular complexity index is 669. The van der Waals surface area contributed by atoms with Gasteiger partial charge in [-0.2, -0.15) is 5.26 Å². The lowest BCUT2D eigenvalue weighted by atomic mass is 9.87. The zero-order valence-electron chi connectivity index (χ0n) is 16.0. The van der Waals surface area contributed by atoms with E-state index >= 15 is 0 Å². The molecule has 1 aliphatic heterocycles. The molecule has 0 spiro atoms. The Balaban J connectivity index is 2.30. The van der Waals surface area contributed by atoms with Gasteiger partial charge in [0.2, 0.25) is 0 Å². The highest BCUT2D eigenvalue weighted by Crippen LogP contribution is 2.35.